The predicted octanol–water partition coefficient (Wildman–Crippen LogP) is 6.00. The fourth-order valence-electron chi connectivity index (χ4n) is 4.29. The number of nitrogens with one attached hydrogen (secondary N) is 1. The van der Waals surface area contributed by atoms with Crippen molar-refractivity contribution in [1.29, 1.82) is 0 Å². The van der Waals surface area contributed by atoms with Crippen LogP contribution in [-0.4, -0.2) is 35.7 Å². The maximum absolute atomic E-state index is 12.7. The molecule has 0 fully saturated rings. The molecule has 0 radical (unpaired) electrons. The number of imidazole rings is 1. The molecule has 3 aromatic carbocycles. The third-order valence-corrected chi connectivity index (χ3v) is 6.31. The number of methoxy groups -OCH3 is 1. The van der Waals surface area contributed by atoms with Crippen LogP contribution in [0.15, 0.2) is 72.8 Å². The van der Waals surface area contributed by atoms with Gasteiger partial charge in [0, 0.05) is 19.5 Å². The van der Waals surface area contributed by atoms with Crippen molar-refractivity contribution < 1.29 is 14.3 Å². The van der Waals surface area contributed by atoms with Gasteiger partial charge in [-0.05, 0) is 60.7 Å². The van der Waals surface area contributed by atoms with Crippen molar-refractivity contribution in [3.05, 3.63) is 89.7 Å². The lowest BCUT2D eigenvalue weighted by molar-refractivity contribution is 0.0951. The predicted molar refractivity (Wildman–Crippen MR) is 144 cm³/mol. The Balaban J connectivity index is 1.32. The van der Waals surface area contributed by atoms with E-state index in [0.29, 0.717) is 36.8 Å². The van der Waals surface area contributed by atoms with E-state index in [1.165, 1.54) is 5.56 Å². The molecule has 4 rings (SSSR count). The number of nitrogens with zero attached hydrogens (tertiary/aromatic N) is 2. The van der Waals surface area contributed by atoms with Gasteiger partial charge in [-0.25, -0.2) is 4.98 Å². The first kappa shape index (κ1) is 25.3. The minimum atomic E-state index is -0.145. The largest absolute Gasteiger partial charge is 0.496 e. The molecule has 0 aliphatic carbocycles. The molecule has 6 heteroatoms. The summed E-state index contributed by atoms with van der Waals surface area (Å²) >= 11 is 0. The molecular formula is C30H35N3O3. The second-order valence-electron chi connectivity index (χ2n) is 9.15. The Hall–Kier alpha value is -3.80. The minimum Gasteiger partial charge on any atom is -0.496 e. The monoisotopic (exact) mass is 485 g/mol. The highest BCUT2D eigenvalue weighted by Crippen LogP contribution is 2.20. The quantitative estimate of drug-likeness (QED) is 0.250. The number of ether oxygens (including phenoxy) is 2. The van der Waals surface area contributed by atoms with Crippen LogP contribution in [0.5, 0.6) is 11.5 Å². The topological polar surface area (TPSA) is 65.4 Å². The van der Waals surface area contributed by atoms with Crippen molar-refractivity contribution >= 4 is 16.9 Å². The highest BCUT2D eigenvalue weighted by Gasteiger charge is 2.13. The number of carbonyl (C=O) groups excluding carboxylic acids is 1. The third kappa shape index (κ3) is 6.25. The van der Waals surface area contributed by atoms with Crippen LogP contribution in [-0.2, 0) is 13.0 Å². The number of rotatable bonds is 12. The van der Waals surface area contributed by atoms with Crippen molar-refractivity contribution in [3.63, 3.8) is 0 Å². The molecule has 1 amide bonds. The highest BCUT2D eigenvalue weighted by atomic mass is 16.5. The van der Waals surface area contributed by atoms with E-state index < -0.39 is 0 Å². The molecular weight excluding hydrogens is 450 g/mol. The lowest BCUT2D eigenvalue weighted by Crippen LogP contribution is -2.27. The van der Waals surface area contributed by atoms with Gasteiger partial charge < -0.3 is 19.4 Å². The van der Waals surface area contributed by atoms with Crippen LogP contribution in [0.4, 0.5) is 0 Å². The molecule has 0 aliphatic rings. The number of benzene rings is 3. The molecule has 0 unspecified atom stereocenters. The third-order valence-electron chi connectivity index (χ3n) is 6.31. The number of hydrogen-bond acceptors (Lipinski definition) is 4. The van der Waals surface area contributed by atoms with E-state index >= 15 is 0 Å². The Morgan fingerprint density at radius 2 is 1.72 bits per heavy atom. The Morgan fingerprint density at radius 1 is 0.972 bits per heavy atom. The van der Waals surface area contributed by atoms with Crippen LogP contribution in [0.3, 0.4) is 0 Å². The average molecular weight is 486 g/mol. The van der Waals surface area contributed by atoms with Gasteiger partial charge in [0.05, 0.1) is 30.3 Å². The summed E-state index contributed by atoms with van der Waals surface area (Å²) in [5.74, 6) is 2.84. The first-order valence-electron chi connectivity index (χ1n) is 12.6. The Bertz CT molecular complexity index is 1280. The zero-order valence-electron chi connectivity index (χ0n) is 21.4. The maximum atomic E-state index is 12.7. The molecule has 36 heavy (non-hydrogen) atoms. The van der Waals surface area contributed by atoms with Gasteiger partial charge >= 0.3 is 0 Å². The van der Waals surface area contributed by atoms with Crippen molar-refractivity contribution in [2.75, 3.05) is 20.3 Å². The fourth-order valence-corrected chi connectivity index (χ4v) is 4.29. The number of fused-ring (bicyclic) bond motifs is 1. The average Bonchev–Trinajstić information content (AvgIpc) is 3.25. The van der Waals surface area contributed by atoms with Gasteiger partial charge in [-0.1, -0.05) is 50.2 Å². The van der Waals surface area contributed by atoms with Crippen molar-refractivity contribution in [3.8, 4) is 11.5 Å². The molecule has 0 aliphatic heterocycles. The summed E-state index contributed by atoms with van der Waals surface area (Å²) in [7, 11) is 1.57. The number of amides is 1. The standard InChI is InChI=1S/C30H35N3O3/c1-22(2)23-14-16-24(17-15-23)36-21-9-8-20-33-27-12-6-5-11-26(27)32-29(33)18-19-31-30(34)25-10-4-7-13-28(25)35-3/h4-7,10-17,22H,8-9,18-21H2,1-3H3,(H,31,34). The maximum Gasteiger partial charge on any atom is 0.255 e. The van der Waals surface area contributed by atoms with E-state index in [2.05, 4.69) is 54.1 Å². The van der Waals surface area contributed by atoms with Crippen LogP contribution in [0, 0.1) is 0 Å². The van der Waals surface area contributed by atoms with Gasteiger partial charge in [-0.15, -0.1) is 0 Å². The number of hydrogen-bond donors (Lipinski definition) is 1. The zero-order chi connectivity index (χ0) is 25.3. The molecule has 0 saturated carbocycles. The second-order valence-corrected chi connectivity index (χ2v) is 9.15. The zero-order valence-corrected chi connectivity index (χ0v) is 21.4. The highest BCUT2D eigenvalue weighted by molar-refractivity contribution is 5.96. The van der Waals surface area contributed by atoms with Gasteiger partial charge in [0.25, 0.3) is 5.91 Å². The number of aromatic nitrogens is 2. The van der Waals surface area contributed by atoms with Crippen LogP contribution in [0.1, 0.15) is 54.4 Å². The van der Waals surface area contributed by atoms with Crippen LogP contribution in [0.2, 0.25) is 0 Å². The van der Waals surface area contributed by atoms with E-state index in [1.807, 2.05) is 30.3 Å². The molecule has 1 aromatic heterocycles. The van der Waals surface area contributed by atoms with E-state index in [4.69, 9.17) is 14.5 Å². The summed E-state index contributed by atoms with van der Waals surface area (Å²) in [6, 6.07) is 23.8. The van der Waals surface area contributed by atoms with Gasteiger partial charge in [0.15, 0.2) is 0 Å². The summed E-state index contributed by atoms with van der Waals surface area (Å²) in [6.45, 7) is 6.41. The molecule has 1 N–H and O–H groups in total. The Morgan fingerprint density at radius 3 is 2.50 bits per heavy atom. The summed E-state index contributed by atoms with van der Waals surface area (Å²) < 4.78 is 13.5. The number of unbranched alkanes of at least 4 members (excludes halogenated alkanes) is 1. The number of carbonyl (C=O) groups is 1. The van der Waals surface area contributed by atoms with Crippen molar-refractivity contribution in [1.82, 2.24) is 14.9 Å². The molecule has 0 atom stereocenters. The van der Waals surface area contributed by atoms with Gasteiger partial charge in [0.2, 0.25) is 0 Å². The van der Waals surface area contributed by atoms with Crippen LogP contribution in [0.25, 0.3) is 11.0 Å². The van der Waals surface area contributed by atoms with Crippen LogP contribution < -0.4 is 14.8 Å². The van der Waals surface area contributed by atoms with Gasteiger partial charge in [-0.3, -0.25) is 4.79 Å². The number of para-hydroxylation sites is 3. The summed E-state index contributed by atoms with van der Waals surface area (Å²) in [5, 5.41) is 3.01. The molecule has 0 spiro atoms. The Labute approximate surface area is 213 Å². The first-order valence-corrected chi connectivity index (χ1v) is 12.6. The summed E-state index contributed by atoms with van der Waals surface area (Å²) in [4.78, 5) is 17.5. The molecule has 1 heterocycles. The molecule has 188 valence electrons. The van der Waals surface area contributed by atoms with E-state index in [0.717, 1.165) is 42.0 Å². The van der Waals surface area contributed by atoms with Gasteiger partial charge in [-0.2, -0.15) is 0 Å². The first-order chi connectivity index (χ1) is 17.6. The molecule has 6 nitrogen and oxygen atoms in total. The normalized spacial score (nSPS) is 11.1. The van der Waals surface area contributed by atoms with E-state index in [1.54, 1.807) is 19.2 Å². The van der Waals surface area contributed by atoms with Gasteiger partial charge in [0.1, 0.15) is 17.3 Å². The number of aryl methyl sites for hydroxylation is 1. The summed E-state index contributed by atoms with van der Waals surface area (Å²) in [6.07, 6.45) is 2.57. The molecule has 0 bridgehead atoms. The van der Waals surface area contributed by atoms with E-state index in [9.17, 15) is 4.79 Å². The lowest BCUT2D eigenvalue weighted by atomic mass is 10.0. The summed E-state index contributed by atoms with van der Waals surface area (Å²) in [5.41, 5.74) is 3.95. The van der Waals surface area contributed by atoms with Crippen LogP contribution >= 0.6 is 0 Å². The molecule has 0 saturated heterocycles. The minimum absolute atomic E-state index is 0.145. The van der Waals surface area contributed by atoms with Crippen molar-refractivity contribution in [2.24, 2.45) is 0 Å². The molecule has 4 aromatic rings. The smallest absolute Gasteiger partial charge is 0.255 e. The van der Waals surface area contributed by atoms with E-state index in [-0.39, 0.29) is 5.91 Å². The fraction of sp³-hybridized carbons (Fsp3) is 0.333. The lowest BCUT2D eigenvalue weighted by Gasteiger charge is -2.12. The Kier molecular flexibility index (Phi) is 8.61. The van der Waals surface area contributed by atoms with Crippen molar-refractivity contribution in [2.45, 2.75) is 45.6 Å². The second kappa shape index (κ2) is 12.2. The SMILES string of the molecule is COc1ccccc1C(=O)NCCc1nc2ccccc2n1CCCCOc1ccc(C(C)C)cc1.